The Balaban J connectivity index is 0.00000441. The third kappa shape index (κ3) is 7.21. The summed E-state index contributed by atoms with van der Waals surface area (Å²) >= 11 is 0. The summed E-state index contributed by atoms with van der Waals surface area (Å²) in [5, 5.41) is 18.6. The number of allylic oxidation sites excluding steroid dienone is 5. The molecule has 2 N–H and O–H groups in total. The molecule has 0 bridgehead atoms. The van der Waals surface area contributed by atoms with Crippen LogP contribution in [-0.4, -0.2) is 75.1 Å². The SMILES string of the molecule is COc1ccc(N(C)c2ccc(C(=C3C=CC(=[N+](C)CCO)C=C3)c3ccc(N(C)CCO)cc3)cc2)cc1.[Cl-]. The molecule has 3 aromatic rings. The Morgan fingerprint density at radius 1 is 0.725 bits per heavy atom. The van der Waals surface area contributed by atoms with Crippen molar-refractivity contribution in [2.45, 2.75) is 0 Å². The number of anilines is 3. The maximum atomic E-state index is 9.32. The van der Waals surface area contributed by atoms with Crippen molar-refractivity contribution < 1.29 is 31.9 Å². The van der Waals surface area contributed by atoms with E-state index in [1.54, 1.807) is 7.11 Å². The van der Waals surface area contributed by atoms with E-state index in [0.29, 0.717) is 13.1 Å². The fraction of sp³-hybridized carbons (Fsp3) is 0.242. The van der Waals surface area contributed by atoms with Crippen molar-refractivity contribution in [1.82, 2.24) is 0 Å². The fourth-order valence-electron chi connectivity index (χ4n) is 4.63. The zero-order valence-electron chi connectivity index (χ0n) is 23.6. The second-order valence-corrected chi connectivity index (χ2v) is 9.56. The van der Waals surface area contributed by atoms with Crippen LogP contribution in [0.15, 0.2) is 103 Å². The molecule has 4 rings (SSSR count). The first-order valence-corrected chi connectivity index (χ1v) is 13.1. The maximum absolute atomic E-state index is 9.32. The predicted octanol–water partition coefficient (Wildman–Crippen LogP) is 1.90. The second kappa shape index (κ2) is 14.5. The van der Waals surface area contributed by atoms with E-state index in [1.807, 2.05) is 35.7 Å². The monoisotopic (exact) mass is 559 g/mol. The van der Waals surface area contributed by atoms with Gasteiger partial charge in [-0.25, -0.2) is 4.58 Å². The average Bonchev–Trinajstić information content (AvgIpc) is 2.98. The molecule has 40 heavy (non-hydrogen) atoms. The average molecular weight is 560 g/mol. The van der Waals surface area contributed by atoms with Gasteiger partial charge in [0.25, 0.3) is 0 Å². The molecule has 0 saturated carbocycles. The molecule has 0 aromatic heterocycles. The Bertz CT molecular complexity index is 1360. The minimum absolute atomic E-state index is 0. The quantitative estimate of drug-likeness (QED) is 0.372. The fourth-order valence-corrected chi connectivity index (χ4v) is 4.63. The standard InChI is InChI=1S/C33H38N3O3.ClH/c1-34(21-23-37)28-11-5-25(6-12-28)33(26-7-13-29(14-8-26)35(2)22-24-38)27-9-15-30(16-10-27)36(3)31-17-19-32(39-4)20-18-31;/h5-20,37-38H,21-24H2,1-4H3;1H/q+1;/p-1. The van der Waals surface area contributed by atoms with E-state index in [0.717, 1.165) is 50.8 Å². The summed E-state index contributed by atoms with van der Waals surface area (Å²) in [5.41, 5.74) is 8.78. The molecule has 0 aliphatic heterocycles. The molecular formula is C33H38ClN3O3. The highest BCUT2D eigenvalue weighted by atomic mass is 35.5. The highest BCUT2D eigenvalue weighted by Gasteiger charge is 2.15. The van der Waals surface area contributed by atoms with Gasteiger partial charge in [0.1, 0.15) is 19.4 Å². The Kier molecular flexibility index (Phi) is 11.1. The van der Waals surface area contributed by atoms with Crippen LogP contribution in [0.3, 0.4) is 0 Å². The number of aliphatic hydroxyl groups excluding tert-OH is 2. The molecule has 0 unspecified atom stereocenters. The maximum Gasteiger partial charge on any atom is 0.199 e. The summed E-state index contributed by atoms with van der Waals surface area (Å²) in [7, 11) is 7.70. The number of hydrogen-bond donors (Lipinski definition) is 2. The molecule has 0 spiro atoms. The molecule has 210 valence electrons. The highest BCUT2D eigenvalue weighted by Crippen LogP contribution is 2.33. The van der Waals surface area contributed by atoms with E-state index < -0.39 is 0 Å². The number of halogens is 1. The van der Waals surface area contributed by atoms with Gasteiger partial charge in [0.05, 0.1) is 13.7 Å². The Morgan fingerprint density at radius 2 is 1.23 bits per heavy atom. The van der Waals surface area contributed by atoms with Gasteiger partial charge in [0.15, 0.2) is 12.3 Å². The van der Waals surface area contributed by atoms with Gasteiger partial charge in [-0.1, -0.05) is 24.3 Å². The van der Waals surface area contributed by atoms with Gasteiger partial charge in [-0.05, 0) is 83.0 Å². The molecule has 0 amide bonds. The lowest BCUT2D eigenvalue weighted by Gasteiger charge is -2.21. The number of aliphatic hydroxyl groups is 2. The van der Waals surface area contributed by atoms with Crippen LogP contribution in [0.5, 0.6) is 5.75 Å². The third-order valence-electron chi connectivity index (χ3n) is 7.07. The van der Waals surface area contributed by atoms with E-state index in [9.17, 15) is 10.2 Å². The molecular weight excluding hydrogens is 522 g/mol. The molecule has 0 fully saturated rings. The summed E-state index contributed by atoms with van der Waals surface area (Å²) in [5.74, 6) is 0.837. The largest absolute Gasteiger partial charge is 1.00 e. The van der Waals surface area contributed by atoms with Crippen molar-refractivity contribution >= 4 is 28.3 Å². The number of rotatable bonds is 10. The first-order valence-electron chi connectivity index (χ1n) is 13.1. The number of hydrogen-bond acceptors (Lipinski definition) is 5. The van der Waals surface area contributed by atoms with Crippen molar-refractivity contribution in [3.8, 4) is 5.75 Å². The number of likely N-dealkylation sites (N-methyl/N-ethyl adjacent to an activating group) is 2. The molecule has 0 atom stereocenters. The molecule has 3 aromatic carbocycles. The smallest absolute Gasteiger partial charge is 0.199 e. The molecule has 0 saturated heterocycles. The summed E-state index contributed by atoms with van der Waals surface area (Å²) in [6, 6.07) is 25.1. The Labute approximate surface area is 243 Å². The van der Waals surface area contributed by atoms with E-state index in [-0.39, 0.29) is 25.6 Å². The lowest BCUT2D eigenvalue weighted by molar-refractivity contribution is -0.498. The molecule has 1 aliphatic carbocycles. The van der Waals surface area contributed by atoms with Crippen molar-refractivity contribution in [2.75, 3.05) is 64.4 Å². The van der Waals surface area contributed by atoms with E-state index in [4.69, 9.17) is 4.74 Å². The summed E-state index contributed by atoms with van der Waals surface area (Å²) in [4.78, 5) is 4.19. The number of benzene rings is 3. The minimum Gasteiger partial charge on any atom is -1.00 e. The zero-order chi connectivity index (χ0) is 27.8. The topological polar surface area (TPSA) is 59.2 Å². The van der Waals surface area contributed by atoms with Crippen molar-refractivity contribution in [3.05, 3.63) is 114 Å². The van der Waals surface area contributed by atoms with Crippen LogP contribution in [0, 0.1) is 0 Å². The lowest BCUT2D eigenvalue weighted by atomic mass is 9.90. The van der Waals surface area contributed by atoms with Crippen LogP contribution in [0.25, 0.3) is 5.57 Å². The van der Waals surface area contributed by atoms with Crippen molar-refractivity contribution in [3.63, 3.8) is 0 Å². The first-order chi connectivity index (χ1) is 18.9. The van der Waals surface area contributed by atoms with Gasteiger partial charge < -0.3 is 37.2 Å². The lowest BCUT2D eigenvalue weighted by Crippen LogP contribution is -3.00. The van der Waals surface area contributed by atoms with Gasteiger partial charge in [0.2, 0.25) is 0 Å². The van der Waals surface area contributed by atoms with E-state index in [2.05, 4.69) is 96.9 Å². The van der Waals surface area contributed by atoms with Gasteiger partial charge in [-0.3, -0.25) is 0 Å². The van der Waals surface area contributed by atoms with Gasteiger partial charge in [0, 0.05) is 49.9 Å². The van der Waals surface area contributed by atoms with Crippen molar-refractivity contribution in [2.24, 2.45) is 0 Å². The van der Waals surface area contributed by atoms with Crippen LogP contribution in [0.4, 0.5) is 17.1 Å². The Hall–Kier alpha value is -3.84. The van der Waals surface area contributed by atoms with Gasteiger partial charge in [-0.15, -0.1) is 0 Å². The van der Waals surface area contributed by atoms with Gasteiger partial charge in [-0.2, -0.15) is 0 Å². The van der Waals surface area contributed by atoms with Crippen LogP contribution in [0.1, 0.15) is 11.1 Å². The minimum atomic E-state index is 0. The van der Waals surface area contributed by atoms with Crippen LogP contribution < -0.4 is 26.9 Å². The first kappa shape index (κ1) is 30.7. The molecule has 6 nitrogen and oxygen atoms in total. The second-order valence-electron chi connectivity index (χ2n) is 9.56. The molecule has 0 heterocycles. The van der Waals surface area contributed by atoms with Crippen LogP contribution >= 0.6 is 0 Å². The summed E-state index contributed by atoms with van der Waals surface area (Å²) in [6.45, 7) is 1.40. The van der Waals surface area contributed by atoms with Crippen LogP contribution in [0.2, 0.25) is 0 Å². The van der Waals surface area contributed by atoms with Crippen LogP contribution in [-0.2, 0) is 0 Å². The zero-order valence-corrected chi connectivity index (χ0v) is 24.3. The summed E-state index contributed by atoms with van der Waals surface area (Å²) in [6.07, 6.45) is 8.48. The number of ether oxygens (including phenoxy) is 1. The highest BCUT2D eigenvalue weighted by molar-refractivity contribution is 6.04. The molecule has 0 radical (unpaired) electrons. The number of methoxy groups -OCH3 is 1. The molecule has 7 heteroatoms. The third-order valence-corrected chi connectivity index (χ3v) is 7.07. The van der Waals surface area contributed by atoms with E-state index in [1.165, 1.54) is 0 Å². The number of nitrogens with zero attached hydrogens (tertiary/aromatic N) is 3. The Morgan fingerprint density at radius 3 is 1.70 bits per heavy atom. The van der Waals surface area contributed by atoms with E-state index >= 15 is 0 Å². The van der Waals surface area contributed by atoms with Crippen molar-refractivity contribution in [1.29, 1.82) is 0 Å². The molecule has 1 aliphatic rings. The van der Waals surface area contributed by atoms with Gasteiger partial charge >= 0.3 is 0 Å². The summed E-state index contributed by atoms with van der Waals surface area (Å²) < 4.78 is 7.34. The normalized spacial score (nSPS) is 12.2. The predicted molar refractivity (Wildman–Crippen MR) is 162 cm³/mol.